The van der Waals surface area contributed by atoms with Crippen LogP contribution in [0.5, 0.6) is 0 Å². The first-order valence-corrected chi connectivity index (χ1v) is 6.66. The van der Waals surface area contributed by atoms with E-state index in [1.165, 1.54) is 5.56 Å². The number of hydrogen-bond donors (Lipinski definition) is 2. The van der Waals surface area contributed by atoms with E-state index in [1.807, 2.05) is 12.1 Å². The van der Waals surface area contributed by atoms with E-state index in [4.69, 9.17) is 10.6 Å². The van der Waals surface area contributed by atoms with E-state index in [9.17, 15) is 4.79 Å². The molecule has 5 heteroatoms. The summed E-state index contributed by atoms with van der Waals surface area (Å²) >= 11 is 0. The van der Waals surface area contributed by atoms with Crippen molar-refractivity contribution in [3.63, 3.8) is 0 Å². The maximum atomic E-state index is 11.3. The molecule has 3 N–H and O–H groups in total. The Morgan fingerprint density at radius 2 is 2.21 bits per heavy atom. The minimum atomic E-state index is -0.260. The molecule has 2 rings (SSSR count). The second kappa shape index (κ2) is 6.65. The zero-order chi connectivity index (χ0) is 13.7. The molecule has 0 saturated carbocycles. The van der Waals surface area contributed by atoms with Crippen molar-refractivity contribution in [2.24, 2.45) is 5.84 Å². The minimum absolute atomic E-state index is 0.260. The number of hydrazine groups is 1. The summed E-state index contributed by atoms with van der Waals surface area (Å²) in [7, 11) is 0. The Kier molecular flexibility index (Phi) is 4.90. The summed E-state index contributed by atoms with van der Waals surface area (Å²) in [5.74, 6) is 4.84. The molecule has 1 aliphatic rings. The van der Waals surface area contributed by atoms with Crippen LogP contribution < -0.4 is 11.3 Å². The first kappa shape index (κ1) is 14.0. The molecule has 1 aromatic carbocycles. The second-order valence-electron chi connectivity index (χ2n) is 4.81. The monoisotopic (exact) mass is 263 g/mol. The summed E-state index contributed by atoms with van der Waals surface area (Å²) in [5, 5.41) is 0. The van der Waals surface area contributed by atoms with Gasteiger partial charge in [0.1, 0.15) is 0 Å². The number of amides is 1. The van der Waals surface area contributed by atoms with Crippen molar-refractivity contribution in [3.05, 3.63) is 35.4 Å². The molecule has 0 bridgehead atoms. The molecule has 1 aliphatic heterocycles. The fourth-order valence-electron chi connectivity index (χ4n) is 2.27. The molecule has 1 atom stereocenters. The third-order valence-electron chi connectivity index (χ3n) is 3.43. The van der Waals surface area contributed by atoms with Crippen molar-refractivity contribution in [2.75, 3.05) is 19.7 Å². The van der Waals surface area contributed by atoms with Gasteiger partial charge in [0, 0.05) is 25.2 Å². The number of rotatable bonds is 4. The van der Waals surface area contributed by atoms with Crippen LogP contribution in [-0.4, -0.2) is 36.6 Å². The molecule has 1 saturated heterocycles. The van der Waals surface area contributed by atoms with Crippen LogP contribution in [0.3, 0.4) is 0 Å². The predicted octanol–water partition coefficient (Wildman–Crippen LogP) is 0.901. The number of morpholine rings is 1. The van der Waals surface area contributed by atoms with Gasteiger partial charge in [-0.25, -0.2) is 5.84 Å². The number of carbonyl (C=O) groups is 1. The lowest BCUT2D eigenvalue weighted by atomic mass is 10.1. The number of carbonyl (C=O) groups excluding carboxylic acids is 1. The summed E-state index contributed by atoms with van der Waals surface area (Å²) in [4.78, 5) is 13.7. The molecule has 0 aliphatic carbocycles. The first-order valence-electron chi connectivity index (χ1n) is 6.66. The van der Waals surface area contributed by atoms with Crippen molar-refractivity contribution in [1.29, 1.82) is 0 Å². The summed E-state index contributed by atoms with van der Waals surface area (Å²) in [6, 6.07) is 7.55. The highest BCUT2D eigenvalue weighted by molar-refractivity contribution is 5.93. The number of nitrogens with two attached hydrogens (primary N) is 1. The summed E-state index contributed by atoms with van der Waals surface area (Å²) < 4.78 is 5.65. The Bertz CT molecular complexity index is 419. The van der Waals surface area contributed by atoms with Crippen LogP contribution in [-0.2, 0) is 11.3 Å². The fourth-order valence-corrected chi connectivity index (χ4v) is 2.27. The summed E-state index contributed by atoms with van der Waals surface area (Å²) in [5.41, 5.74) is 3.91. The van der Waals surface area contributed by atoms with Gasteiger partial charge in [-0.3, -0.25) is 15.1 Å². The predicted molar refractivity (Wildman–Crippen MR) is 73.4 cm³/mol. The van der Waals surface area contributed by atoms with Gasteiger partial charge in [-0.2, -0.15) is 0 Å². The average Bonchev–Trinajstić information content (AvgIpc) is 2.47. The molecule has 1 heterocycles. The molecular weight excluding hydrogens is 242 g/mol. The van der Waals surface area contributed by atoms with Crippen molar-refractivity contribution in [3.8, 4) is 0 Å². The van der Waals surface area contributed by atoms with E-state index in [2.05, 4.69) is 17.2 Å². The van der Waals surface area contributed by atoms with Gasteiger partial charge in [0.25, 0.3) is 5.91 Å². The average molecular weight is 263 g/mol. The summed E-state index contributed by atoms with van der Waals surface area (Å²) in [6.45, 7) is 5.77. The van der Waals surface area contributed by atoms with Crippen LogP contribution in [0.25, 0.3) is 0 Å². The van der Waals surface area contributed by atoms with E-state index >= 15 is 0 Å². The molecule has 1 unspecified atom stereocenters. The molecule has 0 radical (unpaired) electrons. The molecule has 1 aromatic rings. The quantitative estimate of drug-likeness (QED) is 0.481. The van der Waals surface area contributed by atoms with Gasteiger partial charge < -0.3 is 4.74 Å². The lowest BCUT2D eigenvalue weighted by molar-refractivity contribution is -0.0324. The maximum Gasteiger partial charge on any atom is 0.265 e. The lowest BCUT2D eigenvalue weighted by Crippen LogP contribution is -2.41. The number of nitrogens with one attached hydrogen (secondary N) is 1. The maximum absolute atomic E-state index is 11.3. The van der Waals surface area contributed by atoms with Crippen molar-refractivity contribution >= 4 is 5.91 Å². The van der Waals surface area contributed by atoms with Crippen LogP contribution in [0, 0.1) is 0 Å². The van der Waals surface area contributed by atoms with Crippen LogP contribution in [0.15, 0.2) is 24.3 Å². The van der Waals surface area contributed by atoms with Gasteiger partial charge in [0.15, 0.2) is 0 Å². The largest absolute Gasteiger partial charge is 0.376 e. The first-order chi connectivity index (χ1) is 9.22. The molecule has 104 valence electrons. The molecule has 0 spiro atoms. The Balaban J connectivity index is 1.94. The minimum Gasteiger partial charge on any atom is -0.376 e. The third-order valence-corrected chi connectivity index (χ3v) is 3.43. The number of nitrogens with zero attached hydrogens (tertiary/aromatic N) is 1. The Morgan fingerprint density at radius 3 is 2.84 bits per heavy atom. The number of benzene rings is 1. The second-order valence-corrected chi connectivity index (χ2v) is 4.81. The van der Waals surface area contributed by atoms with Crippen LogP contribution in [0.2, 0.25) is 0 Å². The van der Waals surface area contributed by atoms with E-state index < -0.39 is 0 Å². The normalized spacial score (nSPS) is 20.2. The molecule has 1 amide bonds. The number of ether oxygens (including phenoxy) is 1. The summed E-state index contributed by atoms with van der Waals surface area (Å²) in [6.07, 6.45) is 1.39. The fraction of sp³-hybridized carbons (Fsp3) is 0.500. The van der Waals surface area contributed by atoms with Crippen LogP contribution in [0.4, 0.5) is 0 Å². The van der Waals surface area contributed by atoms with Gasteiger partial charge in [-0.15, -0.1) is 0 Å². The Labute approximate surface area is 113 Å². The van der Waals surface area contributed by atoms with Gasteiger partial charge in [-0.1, -0.05) is 19.1 Å². The van der Waals surface area contributed by atoms with Gasteiger partial charge >= 0.3 is 0 Å². The molecule has 19 heavy (non-hydrogen) atoms. The van der Waals surface area contributed by atoms with Gasteiger partial charge in [-0.05, 0) is 24.1 Å². The smallest absolute Gasteiger partial charge is 0.265 e. The van der Waals surface area contributed by atoms with Crippen LogP contribution in [0.1, 0.15) is 29.3 Å². The van der Waals surface area contributed by atoms with Gasteiger partial charge in [0.2, 0.25) is 0 Å². The zero-order valence-electron chi connectivity index (χ0n) is 11.3. The van der Waals surface area contributed by atoms with Crippen molar-refractivity contribution < 1.29 is 9.53 Å². The zero-order valence-corrected chi connectivity index (χ0v) is 11.3. The third kappa shape index (κ3) is 3.76. The Morgan fingerprint density at radius 1 is 1.47 bits per heavy atom. The molecular formula is C14H21N3O2. The molecule has 1 fully saturated rings. The topological polar surface area (TPSA) is 67.6 Å². The number of nitrogen functional groups attached to an aromatic ring is 1. The van der Waals surface area contributed by atoms with E-state index in [0.717, 1.165) is 32.7 Å². The lowest BCUT2D eigenvalue weighted by Gasteiger charge is -2.32. The van der Waals surface area contributed by atoms with E-state index in [-0.39, 0.29) is 5.91 Å². The van der Waals surface area contributed by atoms with Gasteiger partial charge in [0.05, 0.1) is 12.7 Å². The van der Waals surface area contributed by atoms with Crippen LogP contribution >= 0.6 is 0 Å². The SMILES string of the molecule is CCC1CN(Cc2ccc(C(=O)NN)cc2)CCO1. The number of hydrogen-bond acceptors (Lipinski definition) is 4. The highest BCUT2D eigenvalue weighted by Gasteiger charge is 2.18. The van der Waals surface area contributed by atoms with E-state index in [0.29, 0.717) is 11.7 Å². The van der Waals surface area contributed by atoms with Crippen molar-refractivity contribution in [1.82, 2.24) is 10.3 Å². The molecule has 0 aromatic heterocycles. The van der Waals surface area contributed by atoms with Crippen molar-refractivity contribution in [2.45, 2.75) is 26.0 Å². The highest BCUT2D eigenvalue weighted by atomic mass is 16.5. The Hall–Kier alpha value is -1.43. The van der Waals surface area contributed by atoms with E-state index in [1.54, 1.807) is 12.1 Å². The standard InChI is InChI=1S/C14H21N3O2/c1-2-13-10-17(7-8-19-13)9-11-3-5-12(6-4-11)14(18)16-15/h3-6,13H,2,7-10,15H2,1H3,(H,16,18). The molecule has 5 nitrogen and oxygen atoms in total. The highest BCUT2D eigenvalue weighted by Crippen LogP contribution is 2.13.